The largest absolute Gasteiger partial charge is 0.462 e. The molecule has 8 unspecified atom stereocenters. The Morgan fingerprint density at radius 2 is 1.81 bits per heavy atom. The molecule has 4 aliphatic rings. The number of carbonyl (C=O) groups is 3. The molecule has 9 heteroatoms. The molecule has 0 spiro atoms. The number of likely N-dealkylation sites (N-methyl/N-ethyl adjacent to an activating group) is 1. The molecule has 0 saturated carbocycles. The Labute approximate surface area is 217 Å². The number of carbonyl (C=O) groups excluding carboxylic acids is 3. The van der Waals surface area contributed by atoms with Crippen LogP contribution in [-0.4, -0.2) is 73.1 Å². The number of nitrogens with one attached hydrogen (secondary N) is 1. The third-order valence-electron chi connectivity index (χ3n) is 8.12. The third kappa shape index (κ3) is 4.63. The van der Waals surface area contributed by atoms with Crippen LogP contribution in [0.2, 0.25) is 0 Å². The van der Waals surface area contributed by atoms with E-state index >= 15 is 0 Å². The Morgan fingerprint density at radius 1 is 1.14 bits per heavy atom. The zero-order valence-corrected chi connectivity index (χ0v) is 22.4. The molecular weight excluding hydrogens is 476 g/mol. The van der Waals surface area contributed by atoms with Crippen LogP contribution in [0, 0.1) is 11.8 Å². The van der Waals surface area contributed by atoms with Crippen LogP contribution in [0.25, 0.3) is 0 Å². The Balaban J connectivity index is 1.43. The van der Waals surface area contributed by atoms with Crippen molar-refractivity contribution < 1.29 is 33.3 Å². The Hall–Kier alpha value is -2.91. The first kappa shape index (κ1) is 25.7. The van der Waals surface area contributed by atoms with E-state index in [2.05, 4.69) is 26.1 Å². The topological polar surface area (TPSA) is 107 Å². The average Bonchev–Trinajstić information content (AvgIpc) is 3.19. The van der Waals surface area contributed by atoms with Crippen LogP contribution in [0.5, 0.6) is 0 Å². The SMILES string of the molecule is CC1C(=O)OC2CC3(C)OC3C(OC(=O)Nc3ccc(C(C)(C)C)cc3)C(N(C)C)C3=CC(OC3=O)C21. The van der Waals surface area contributed by atoms with Crippen LogP contribution in [0.3, 0.4) is 0 Å². The molecule has 3 aliphatic heterocycles. The summed E-state index contributed by atoms with van der Waals surface area (Å²) in [6.45, 7) is 10.1. The van der Waals surface area contributed by atoms with E-state index in [1.54, 1.807) is 13.0 Å². The lowest BCUT2D eigenvalue weighted by molar-refractivity contribution is -0.144. The fourth-order valence-electron chi connectivity index (χ4n) is 5.97. The van der Waals surface area contributed by atoms with Crippen LogP contribution in [-0.2, 0) is 34.0 Å². The molecule has 5 rings (SSSR count). The van der Waals surface area contributed by atoms with Crippen molar-refractivity contribution in [1.82, 2.24) is 4.90 Å². The standard InChI is InChI=1S/C28H36N2O7/c1-14-20-18-12-17(25(32)34-18)21(30(6)7)22(23-28(5,37-23)13-19(20)35-24(14)31)36-26(33)29-16-10-8-15(9-11-16)27(2,3)4/h8-12,14,18-23H,13H2,1-7H3,(H,29,33). The number of ether oxygens (including phenoxy) is 4. The number of rotatable bonds is 3. The van der Waals surface area contributed by atoms with Gasteiger partial charge in [-0.2, -0.15) is 0 Å². The number of fused-ring (bicyclic) bond motifs is 4. The zero-order valence-electron chi connectivity index (χ0n) is 22.4. The van der Waals surface area contributed by atoms with Crippen molar-refractivity contribution in [2.24, 2.45) is 11.8 Å². The van der Waals surface area contributed by atoms with Gasteiger partial charge in [0.2, 0.25) is 0 Å². The van der Waals surface area contributed by atoms with Gasteiger partial charge in [-0.3, -0.25) is 15.0 Å². The lowest BCUT2D eigenvalue weighted by Crippen LogP contribution is -2.49. The zero-order chi connectivity index (χ0) is 26.9. The average molecular weight is 513 g/mol. The molecule has 0 radical (unpaired) electrons. The minimum atomic E-state index is -0.794. The van der Waals surface area contributed by atoms with Crippen molar-refractivity contribution in [3.63, 3.8) is 0 Å². The first-order valence-corrected chi connectivity index (χ1v) is 12.8. The molecule has 1 aromatic rings. The van der Waals surface area contributed by atoms with Gasteiger partial charge in [0.05, 0.1) is 23.1 Å². The second kappa shape index (κ2) is 8.84. The smallest absolute Gasteiger partial charge is 0.412 e. The van der Waals surface area contributed by atoms with Gasteiger partial charge in [0.15, 0.2) is 6.10 Å². The molecule has 1 aliphatic carbocycles. The molecule has 9 nitrogen and oxygen atoms in total. The van der Waals surface area contributed by atoms with Gasteiger partial charge in [-0.25, -0.2) is 9.59 Å². The van der Waals surface area contributed by atoms with Gasteiger partial charge in [-0.1, -0.05) is 39.8 Å². The molecular formula is C28H36N2O7. The monoisotopic (exact) mass is 512 g/mol. The van der Waals surface area contributed by atoms with Crippen LogP contribution in [0.1, 0.15) is 46.6 Å². The summed E-state index contributed by atoms with van der Waals surface area (Å²) < 4.78 is 23.6. The Morgan fingerprint density at radius 3 is 2.43 bits per heavy atom. The van der Waals surface area contributed by atoms with E-state index in [0.29, 0.717) is 17.7 Å². The molecule has 1 aromatic carbocycles. The highest BCUT2D eigenvalue weighted by molar-refractivity contribution is 5.93. The highest BCUT2D eigenvalue weighted by atomic mass is 16.7. The molecule has 0 aromatic heterocycles. The Kier molecular flexibility index (Phi) is 6.15. The summed E-state index contributed by atoms with van der Waals surface area (Å²) in [5.74, 6) is -1.49. The van der Waals surface area contributed by atoms with E-state index < -0.39 is 54.0 Å². The van der Waals surface area contributed by atoms with Gasteiger partial charge in [0.1, 0.15) is 18.3 Å². The van der Waals surface area contributed by atoms with Crippen molar-refractivity contribution in [3.8, 4) is 0 Å². The second-order valence-corrected chi connectivity index (χ2v) is 12.1. The van der Waals surface area contributed by atoms with Gasteiger partial charge >= 0.3 is 18.0 Å². The maximum absolute atomic E-state index is 13.1. The second-order valence-electron chi connectivity index (χ2n) is 12.1. The van der Waals surface area contributed by atoms with Crippen LogP contribution < -0.4 is 5.32 Å². The van der Waals surface area contributed by atoms with Crippen molar-refractivity contribution in [2.75, 3.05) is 19.4 Å². The van der Waals surface area contributed by atoms with Crippen molar-refractivity contribution >= 4 is 23.7 Å². The maximum atomic E-state index is 13.1. The van der Waals surface area contributed by atoms with E-state index in [4.69, 9.17) is 18.9 Å². The maximum Gasteiger partial charge on any atom is 0.412 e. The summed E-state index contributed by atoms with van der Waals surface area (Å²) in [7, 11) is 3.65. The van der Waals surface area contributed by atoms with Crippen LogP contribution in [0.15, 0.2) is 35.9 Å². The quantitative estimate of drug-likeness (QED) is 0.373. The molecule has 1 amide bonds. The summed E-state index contributed by atoms with van der Waals surface area (Å²) in [6.07, 6.45) is -0.784. The molecule has 200 valence electrons. The number of amides is 1. The number of hydrogen-bond acceptors (Lipinski definition) is 8. The molecule has 2 saturated heterocycles. The van der Waals surface area contributed by atoms with Gasteiger partial charge in [0, 0.05) is 18.0 Å². The number of epoxide rings is 1. The molecule has 1 N–H and O–H groups in total. The summed E-state index contributed by atoms with van der Waals surface area (Å²) in [4.78, 5) is 40.4. The van der Waals surface area contributed by atoms with E-state index in [0.717, 1.165) is 5.56 Å². The Bertz CT molecular complexity index is 1140. The highest BCUT2D eigenvalue weighted by Gasteiger charge is 2.65. The number of benzene rings is 1. The lowest BCUT2D eigenvalue weighted by Gasteiger charge is -2.32. The summed E-state index contributed by atoms with van der Waals surface area (Å²) in [5.41, 5.74) is 1.46. The molecule has 2 bridgehead atoms. The first-order valence-electron chi connectivity index (χ1n) is 12.8. The lowest BCUT2D eigenvalue weighted by atomic mass is 9.79. The van der Waals surface area contributed by atoms with Gasteiger partial charge in [-0.15, -0.1) is 0 Å². The van der Waals surface area contributed by atoms with Crippen molar-refractivity contribution in [3.05, 3.63) is 41.5 Å². The number of anilines is 1. The molecule has 37 heavy (non-hydrogen) atoms. The number of hydrogen-bond donors (Lipinski definition) is 1. The molecule has 8 atom stereocenters. The molecule has 2 fully saturated rings. The minimum Gasteiger partial charge on any atom is -0.462 e. The summed E-state index contributed by atoms with van der Waals surface area (Å²) in [5, 5.41) is 2.81. The van der Waals surface area contributed by atoms with E-state index in [1.807, 2.05) is 50.2 Å². The van der Waals surface area contributed by atoms with Crippen LogP contribution >= 0.6 is 0 Å². The summed E-state index contributed by atoms with van der Waals surface area (Å²) >= 11 is 0. The van der Waals surface area contributed by atoms with E-state index in [1.165, 1.54) is 0 Å². The van der Waals surface area contributed by atoms with Gasteiger partial charge in [0.25, 0.3) is 0 Å². The first-order chi connectivity index (χ1) is 17.3. The predicted octanol–water partition coefficient (Wildman–Crippen LogP) is 3.42. The number of esters is 2. The fourth-order valence-corrected chi connectivity index (χ4v) is 5.97. The van der Waals surface area contributed by atoms with E-state index in [9.17, 15) is 14.4 Å². The summed E-state index contributed by atoms with van der Waals surface area (Å²) in [6, 6.07) is 7.04. The minimum absolute atomic E-state index is 0.00621. The van der Waals surface area contributed by atoms with Gasteiger partial charge in [-0.05, 0) is 50.2 Å². The van der Waals surface area contributed by atoms with Crippen LogP contribution in [0.4, 0.5) is 10.5 Å². The van der Waals surface area contributed by atoms with Gasteiger partial charge < -0.3 is 18.9 Å². The normalized spacial score (nSPS) is 36.6. The fraction of sp³-hybridized carbons (Fsp3) is 0.607. The van der Waals surface area contributed by atoms with E-state index in [-0.39, 0.29) is 17.3 Å². The molecule has 3 heterocycles. The highest BCUT2D eigenvalue weighted by Crippen LogP contribution is 2.51. The third-order valence-corrected chi connectivity index (χ3v) is 8.12. The number of nitrogens with zero attached hydrogens (tertiary/aromatic N) is 1. The predicted molar refractivity (Wildman–Crippen MR) is 135 cm³/mol. The van der Waals surface area contributed by atoms with Crippen molar-refractivity contribution in [2.45, 2.75) is 82.5 Å². The van der Waals surface area contributed by atoms with Crippen molar-refractivity contribution in [1.29, 1.82) is 0 Å².